The van der Waals surface area contributed by atoms with Crippen molar-refractivity contribution in [1.29, 1.82) is 0 Å². The van der Waals surface area contributed by atoms with E-state index in [1.165, 1.54) is 18.2 Å². The molecule has 0 saturated heterocycles. The van der Waals surface area contributed by atoms with Crippen molar-refractivity contribution < 1.29 is 8.78 Å². The molecule has 0 unspecified atom stereocenters. The highest BCUT2D eigenvalue weighted by Crippen LogP contribution is 2.33. The SMILES string of the molecule is CCNCc1cncc(-c2cc(F)c3n[nH]c(-c4nc5nccc(-c6ccc(F)cc6)c5[nH]4)c3c2)c1. The lowest BCUT2D eigenvalue weighted by Gasteiger charge is -2.06. The first-order valence-corrected chi connectivity index (χ1v) is 11.5. The number of H-pyrrole nitrogens is 2. The van der Waals surface area contributed by atoms with E-state index in [9.17, 15) is 4.39 Å². The number of nitrogens with zero attached hydrogens (tertiary/aromatic N) is 4. The predicted octanol–water partition coefficient (Wildman–Crippen LogP) is 5.62. The third kappa shape index (κ3) is 3.89. The highest BCUT2D eigenvalue weighted by Gasteiger charge is 2.18. The van der Waals surface area contributed by atoms with Crippen LogP contribution in [-0.4, -0.2) is 36.7 Å². The van der Waals surface area contributed by atoms with Crippen LogP contribution >= 0.6 is 0 Å². The summed E-state index contributed by atoms with van der Waals surface area (Å²) in [7, 11) is 0. The van der Waals surface area contributed by atoms with E-state index in [2.05, 4.69) is 35.5 Å². The van der Waals surface area contributed by atoms with Crippen LogP contribution < -0.4 is 5.32 Å². The smallest absolute Gasteiger partial charge is 0.178 e. The van der Waals surface area contributed by atoms with Crippen LogP contribution in [0.5, 0.6) is 0 Å². The van der Waals surface area contributed by atoms with Gasteiger partial charge in [-0.05, 0) is 59.6 Å². The van der Waals surface area contributed by atoms with Crippen molar-refractivity contribution in [2.24, 2.45) is 0 Å². The van der Waals surface area contributed by atoms with Crippen LogP contribution in [0.4, 0.5) is 8.78 Å². The number of rotatable bonds is 6. The van der Waals surface area contributed by atoms with Gasteiger partial charge in [-0.15, -0.1) is 0 Å². The second-order valence-electron chi connectivity index (χ2n) is 8.46. The number of benzene rings is 2. The van der Waals surface area contributed by atoms with E-state index in [0.717, 1.165) is 28.8 Å². The van der Waals surface area contributed by atoms with E-state index in [-0.39, 0.29) is 11.3 Å². The number of hydrogen-bond acceptors (Lipinski definition) is 5. The fourth-order valence-corrected chi connectivity index (χ4v) is 4.33. The topological polar surface area (TPSA) is 95.2 Å². The van der Waals surface area contributed by atoms with E-state index < -0.39 is 5.82 Å². The van der Waals surface area contributed by atoms with Gasteiger partial charge >= 0.3 is 0 Å². The number of aromatic amines is 2. The summed E-state index contributed by atoms with van der Waals surface area (Å²) in [6.45, 7) is 3.57. The monoisotopic (exact) mass is 481 g/mol. The Labute approximate surface area is 204 Å². The molecule has 9 heteroatoms. The number of halogens is 2. The van der Waals surface area contributed by atoms with Crippen LogP contribution in [0.2, 0.25) is 0 Å². The minimum atomic E-state index is -0.441. The first kappa shape index (κ1) is 22.0. The van der Waals surface area contributed by atoms with Crippen LogP contribution in [0.3, 0.4) is 0 Å². The molecule has 6 rings (SSSR count). The van der Waals surface area contributed by atoms with Crippen LogP contribution in [0.25, 0.3) is 55.8 Å². The second-order valence-corrected chi connectivity index (χ2v) is 8.46. The van der Waals surface area contributed by atoms with Gasteiger partial charge in [0.05, 0.1) is 5.52 Å². The molecule has 3 N–H and O–H groups in total. The van der Waals surface area contributed by atoms with Gasteiger partial charge in [-0.1, -0.05) is 19.1 Å². The molecule has 0 fully saturated rings. The Kier molecular flexibility index (Phi) is 5.46. The number of aromatic nitrogens is 6. The van der Waals surface area contributed by atoms with Crippen molar-refractivity contribution in [1.82, 2.24) is 35.5 Å². The van der Waals surface area contributed by atoms with Gasteiger partial charge in [0.2, 0.25) is 0 Å². The lowest BCUT2D eigenvalue weighted by atomic mass is 10.0. The Morgan fingerprint density at radius 2 is 1.81 bits per heavy atom. The molecule has 0 aliphatic carbocycles. The maximum atomic E-state index is 15.1. The average molecular weight is 482 g/mol. The third-order valence-electron chi connectivity index (χ3n) is 6.10. The quantitative estimate of drug-likeness (QED) is 0.287. The summed E-state index contributed by atoms with van der Waals surface area (Å²) in [5.41, 5.74) is 6.12. The lowest BCUT2D eigenvalue weighted by molar-refractivity contribution is 0.628. The molecule has 7 nitrogen and oxygen atoms in total. The van der Waals surface area contributed by atoms with Gasteiger partial charge in [0.25, 0.3) is 0 Å². The molecule has 0 radical (unpaired) electrons. The minimum Gasteiger partial charge on any atom is -0.335 e. The summed E-state index contributed by atoms with van der Waals surface area (Å²) in [5.74, 6) is -0.271. The Bertz CT molecular complexity index is 1700. The Hall–Kier alpha value is -4.50. The van der Waals surface area contributed by atoms with Crippen molar-refractivity contribution >= 4 is 22.1 Å². The second kappa shape index (κ2) is 8.94. The zero-order valence-corrected chi connectivity index (χ0v) is 19.3. The molecule has 178 valence electrons. The summed E-state index contributed by atoms with van der Waals surface area (Å²) in [4.78, 5) is 16.6. The van der Waals surface area contributed by atoms with E-state index in [1.807, 2.05) is 25.1 Å². The fraction of sp³-hybridized carbons (Fsp3) is 0.111. The van der Waals surface area contributed by atoms with Gasteiger partial charge in [-0.2, -0.15) is 5.10 Å². The first-order chi connectivity index (χ1) is 17.6. The standard InChI is InChI=1S/C27H21F2N7/c1-2-30-12-15-9-18(14-31-13-15)17-10-21-23(22(29)11-17)35-36-25(21)27-33-24-20(7-8-32-26(24)34-27)16-3-5-19(28)6-4-16/h3-11,13-14,30H,2,12H2,1H3,(H,35,36)(H,32,33,34). The number of pyridine rings is 2. The van der Waals surface area contributed by atoms with Gasteiger partial charge in [0.15, 0.2) is 17.3 Å². The maximum absolute atomic E-state index is 15.1. The molecular formula is C27H21F2N7. The van der Waals surface area contributed by atoms with Crippen molar-refractivity contribution in [2.45, 2.75) is 13.5 Å². The summed E-state index contributed by atoms with van der Waals surface area (Å²) in [6, 6.07) is 13.4. The molecule has 4 aromatic heterocycles. The maximum Gasteiger partial charge on any atom is 0.178 e. The average Bonchev–Trinajstić information content (AvgIpc) is 3.52. The minimum absolute atomic E-state index is 0.220. The normalized spacial score (nSPS) is 11.5. The zero-order valence-electron chi connectivity index (χ0n) is 19.3. The van der Waals surface area contributed by atoms with E-state index >= 15 is 4.39 Å². The number of nitrogens with one attached hydrogen (secondary N) is 3. The van der Waals surface area contributed by atoms with Gasteiger partial charge in [-0.3, -0.25) is 10.1 Å². The molecule has 0 spiro atoms. The highest BCUT2D eigenvalue weighted by atomic mass is 19.1. The van der Waals surface area contributed by atoms with E-state index in [4.69, 9.17) is 0 Å². The van der Waals surface area contributed by atoms with Crippen molar-refractivity contribution in [2.75, 3.05) is 6.54 Å². The summed E-state index contributed by atoms with van der Waals surface area (Å²) in [5, 5.41) is 11.0. The van der Waals surface area contributed by atoms with Crippen molar-refractivity contribution in [3.63, 3.8) is 0 Å². The lowest BCUT2D eigenvalue weighted by Crippen LogP contribution is -2.11. The van der Waals surface area contributed by atoms with E-state index in [1.54, 1.807) is 30.7 Å². The summed E-state index contributed by atoms with van der Waals surface area (Å²) >= 11 is 0. The molecule has 0 aliphatic heterocycles. The van der Waals surface area contributed by atoms with Gasteiger partial charge in [0.1, 0.15) is 17.0 Å². The molecule has 0 amide bonds. The number of hydrogen-bond donors (Lipinski definition) is 3. The summed E-state index contributed by atoms with van der Waals surface area (Å²) in [6.07, 6.45) is 5.17. The van der Waals surface area contributed by atoms with Gasteiger partial charge in [-0.25, -0.2) is 18.7 Å². The summed E-state index contributed by atoms with van der Waals surface area (Å²) < 4.78 is 28.5. The van der Waals surface area contributed by atoms with Crippen LogP contribution in [0.1, 0.15) is 12.5 Å². The molecule has 2 aromatic carbocycles. The van der Waals surface area contributed by atoms with Crippen molar-refractivity contribution in [3.8, 4) is 33.8 Å². The molecule has 6 aromatic rings. The molecule has 0 aliphatic rings. The first-order valence-electron chi connectivity index (χ1n) is 11.5. The highest BCUT2D eigenvalue weighted by molar-refractivity contribution is 5.97. The molecule has 0 saturated carbocycles. The van der Waals surface area contributed by atoms with Crippen LogP contribution in [-0.2, 0) is 6.54 Å². The Balaban J connectivity index is 1.46. The van der Waals surface area contributed by atoms with Crippen LogP contribution in [0.15, 0.2) is 67.1 Å². The predicted molar refractivity (Wildman–Crippen MR) is 135 cm³/mol. The van der Waals surface area contributed by atoms with E-state index in [0.29, 0.717) is 40.2 Å². The Morgan fingerprint density at radius 1 is 0.944 bits per heavy atom. The molecule has 0 bridgehead atoms. The molecule has 4 heterocycles. The Morgan fingerprint density at radius 3 is 2.64 bits per heavy atom. The third-order valence-corrected chi connectivity index (χ3v) is 6.10. The largest absolute Gasteiger partial charge is 0.335 e. The number of imidazole rings is 1. The fourth-order valence-electron chi connectivity index (χ4n) is 4.33. The van der Waals surface area contributed by atoms with Gasteiger partial charge < -0.3 is 10.3 Å². The molecule has 36 heavy (non-hydrogen) atoms. The zero-order chi connectivity index (χ0) is 24.6. The van der Waals surface area contributed by atoms with Gasteiger partial charge in [0, 0.05) is 41.6 Å². The van der Waals surface area contributed by atoms with Crippen LogP contribution in [0, 0.1) is 11.6 Å². The van der Waals surface area contributed by atoms with Crippen molar-refractivity contribution in [3.05, 3.63) is 84.3 Å². The number of fused-ring (bicyclic) bond motifs is 2. The molecular weight excluding hydrogens is 460 g/mol. The molecule has 0 atom stereocenters.